The Labute approximate surface area is 188 Å². The van der Waals surface area contributed by atoms with E-state index < -0.39 is 0 Å². The van der Waals surface area contributed by atoms with Gasteiger partial charge in [-0.3, -0.25) is 4.79 Å². The lowest BCUT2D eigenvalue weighted by Crippen LogP contribution is -2.44. The van der Waals surface area contributed by atoms with Gasteiger partial charge >= 0.3 is 0 Å². The highest BCUT2D eigenvalue weighted by atomic mass is 79.9. The normalized spacial score (nSPS) is 14.7. The number of aromatic nitrogens is 2. The van der Waals surface area contributed by atoms with Crippen LogP contribution in [-0.4, -0.2) is 60.0 Å². The molecule has 0 aliphatic carbocycles. The van der Waals surface area contributed by atoms with E-state index in [-0.39, 0.29) is 11.7 Å². The molecule has 30 heavy (non-hydrogen) atoms. The Kier molecular flexibility index (Phi) is 6.71. The van der Waals surface area contributed by atoms with Gasteiger partial charge in [-0.25, -0.2) is 0 Å². The fraction of sp³-hybridized carbons (Fsp3) is 0.286. The minimum Gasteiger partial charge on any atom is -0.411 e. The van der Waals surface area contributed by atoms with Gasteiger partial charge in [0, 0.05) is 47.6 Å². The first-order valence-electron chi connectivity index (χ1n) is 9.62. The molecule has 0 unspecified atom stereocenters. The first kappa shape index (κ1) is 20.9. The third-order valence-corrected chi connectivity index (χ3v) is 6.19. The standard InChI is InChI=1S/C21H22BrN5O2S/c1-26-10-12-27(13-11-26)18-8-6-17(7-9-18)23-19(28)14-30-21-25-24-20(29-21)15-2-4-16(22)5-3-15/h2-9H,10-14H2,1H3,(H,23,28). The molecule has 0 saturated carbocycles. The SMILES string of the molecule is CN1CCN(c2ccc(NC(=O)CSc3nnc(-c4ccc(Br)cc4)o3)cc2)CC1. The van der Waals surface area contributed by atoms with Crippen LogP contribution in [0.5, 0.6) is 0 Å². The molecule has 4 rings (SSSR count). The van der Waals surface area contributed by atoms with E-state index in [1.165, 1.54) is 17.4 Å². The number of thioether (sulfide) groups is 1. The van der Waals surface area contributed by atoms with Gasteiger partial charge in [-0.05, 0) is 55.6 Å². The maximum absolute atomic E-state index is 12.3. The number of nitrogens with one attached hydrogen (secondary N) is 1. The smallest absolute Gasteiger partial charge is 0.277 e. The molecule has 1 saturated heterocycles. The lowest BCUT2D eigenvalue weighted by Gasteiger charge is -2.34. The molecule has 0 spiro atoms. The number of halogens is 1. The third kappa shape index (κ3) is 5.41. The van der Waals surface area contributed by atoms with Crippen LogP contribution in [-0.2, 0) is 4.79 Å². The fourth-order valence-corrected chi connectivity index (χ4v) is 3.95. The zero-order chi connectivity index (χ0) is 20.9. The van der Waals surface area contributed by atoms with Crippen LogP contribution in [0.1, 0.15) is 0 Å². The second-order valence-electron chi connectivity index (χ2n) is 7.05. The predicted molar refractivity (Wildman–Crippen MR) is 123 cm³/mol. The highest BCUT2D eigenvalue weighted by Crippen LogP contribution is 2.25. The number of rotatable bonds is 6. The number of amides is 1. The molecule has 0 atom stereocenters. The summed E-state index contributed by atoms with van der Waals surface area (Å²) in [6.45, 7) is 4.17. The van der Waals surface area contributed by atoms with E-state index >= 15 is 0 Å². The molecule has 1 N–H and O–H groups in total. The van der Waals surface area contributed by atoms with Crippen LogP contribution in [0.15, 0.2) is 62.6 Å². The van der Waals surface area contributed by atoms with E-state index in [0.717, 1.165) is 41.9 Å². The molecule has 1 aliphatic rings. The summed E-state index contributed by atoms with van der Waals surface area (Å²) >= 11 is 4.62. The number of carbonyl (C=O) groups is 1. The van der Waals surface area contributed by atoms with Crippen molar-refractivity contribution in [1.29, 1.82) is 0 Å². The molecule has 1 fully saturated rings. The average molecular weight is 488 g/mol. The van der Waals surface area contributed by atoms with Gasteiger partial charge in [-0.15, -0.1) is 10.2 Å². The molecule has 156 valence electrons. The van der Waals surface area contributed by atoms with Gasteiger partial charge in [-0.2, -0.15) is 0 Å². The summed E-state index contributed by atoms with van der Waals surface area (Å²) in [5.74, 6) is 0.517. The predicted octanol–water partition coefficient (Wildman–Crippen LogP) is 3.98. The summed E-state index contributed by atoms with van der Waals surface area (Å²) in [4.78, 5) is 17.0. The number of hydrogen-bond donors (Lipinski definition) is 1. The Morgan fingerprint density at radius 3 is 2.47 bits per heavy atom. The van der Waals surface area contributed by atoms with E-state index in [9.17, 15) is 4.79 Å². The number of nitrogens with zero attached hydrogens (tertiary/aromatic N) is 4. The Morgan fingerprint density at radius 2 is 1.77 bits per heavy atom. The van der Waals surface area contributed by atoms with E-state index in [2.05, 4.69) is 60.4 Å². The Morgan fingerprint density at radius 1 is 1.07 bits per heavy atom. The topological polar surface area (TPSA) is 74.5 Å². The number of likely N-dealkylation sites (N-methyl/N-ethyl adjacent to an activating group) is 1. The Hall–Kier alpha value is -2.36. The summed E-state index contributed by atoms with van der Waals surface area (Å²) < 4.78 is 6.62. The van der Waals surface area contributed by atoms with Gasteiger partial charge in [0.1, 0.15) is 0 Å². The number of anilines is 2. The molecule has 1 amide bonds. The van der Waals surface area contributed by atoms with E-state index in [1.807, 2.05) is 36.4 Å². The van der Waals surface area contributed by atoms with Crippen molar-refractivity contribution >= 4 is 45.0 Å². The second-order valence-corrected chi connectivity index (χ2v) is 8.90. The van der Waals surface area contributed by atoms with Crippen molar-refractivity contribution in [2.75, 3.05) is 49.2 Å². The maximum atomic E-state index is 12.3. The van der Waals surface area contributed by atoms with Crippen molar-refractivity contribution in [1.82, 2.24) is 15.1 Å². The van der Waals surface area contributed by atoms with Crippen molar-refractivity contribution in [3.05, 3.63) is 53.0 Å². The largest absolute Gasteiger partial charge is 0.411 e. The molecular formula is C21H22BrN5O2S. The quantitative estimate of drug-likeness (QED) is 0.526. The summed E-state index contributed by atoms with van der Waals surface area (Å²) in [5, 5.41) is 11.3. The molecule has 2 aromatic carbocycles. The molecular weight excluding hydrogens is 466 g/mol. The van der Waals surface area contributed by atoms with Crippen molar-refractivity contribution in [3.63, 3.8) is 0 Å². The molecule has 1 aliphatic heterocycles. The fourth-order valence-electron chi connectivity index (χ4n) is 3.12. The zero-order valence-electron chi connectivity index (χ0n) is 16.5. The van der Waals surface area contributed by atoms with Crippen molar-refractivity contribution in [2.24, 2.45) is 0 Å². The van der Waals surface area contributed by atoms with Gasteiger partial charge in [0.25, 0.3) is 5.22 Å². The lowest BCUT2D eigenvalue weighted by atomic mass is 10.2. The van der Waals surface area contributed by atoms with Gasteiger partial charge in [0.05, 0.1) is 5.75 Å². The van der Waals surface area contributed by atoms with Crippen LogP contribution in [0, 0.1) is 0 Å². The Balaban J connectivity index is 1.27. The van der Waals surface area contributed by atoms with E-state index in [1.54, 1.807) is 0 Å². The zero-order valence-corrected chi connectivity index (χ0v) is 18.9. The summed E-state index contributed by atoms with van der Waals surface area (Å²) in [5.41, 5.74) is 2.80. The molecule has 3 aromatic rings. The van der Waals surface area contributed by atoms with Crippen LogP contribution in [0.3, 0.4) is 0 Å². The van der Waals surface area contributed by atoms with Gasteiger partial charge < -0.3 is 19.5 Å². The maximum Gasteiger partial charge on any atom is 0.277 e. The van der Waals surface area contributed by atoms with Crippen molar-refractivity contribution in [2.45, 2.75) is 5.22 Å². The van der Waals surface area contributed by atoms with Crippen LogP contribution < -0.4 is 10.2 Å². The molecule has 2 heterocycles. The van der Waals surface area contributed by atoms with Crippen LogP contribution in [0.2, 0.25) is 0 Å². The summed E-state index contributed by atoms with van der Waals surface area (Å²) in [7, 11) is 2.14. The summed E-state index contributed by atoms with van der Waals surface area (Å²) in [6.07, 6.45) is 0. The van der Waals surface area contributed by atoms with Gasteiger partial charge in [0.15, 0.2) is 0 Å². The molecule has 1 aromatic heterocycles. The molecule has 0 bridgehead atoms. The van der Waals surface area contributed by atoms with Crippen LogP contribution in [0.25, 0.3) is 11.5 Å². The Bertz CT molecular complexity index is 985. The van der Waals surface area contributed by atoms with Gasteiger partial charge in [0.2, 0.25) is 11.8 Å². The van der Waals surface area contributed by atoms with Crippen LogP contribution in [0.4, 0.5) is 11.4 Å². The van der Waals surface area contributed by atoms with E-state index in [4.69, 9.17) is 4.42 Å². The van der Waals surface area contributed by atoms with E-state index in [0.29, 0.717) is 11.1 Å². The molecule has 9 heteroatoms. The first-order valence-corrected chi connectivity index (χ1v) is 11.4. The number of hydrogen-bond acceptors (Lipinski definition) is 7. The highest BCUT2D eigenvalue weighted by Gasteiger charge is 2.15. The lowest BCUT2D eigenvalue weighted by molar-refractivity contribution is -0.113. The van der Waals surface area contributed by atoms with Gasteiger partial charge in [-0.1, -0.05) is 27.7 Å². The van der Waals surface area contributed by atoms with Crippen molar-refractivity contribution < 1.29 is 9.21 Å². The summed E-state index contributed by atoms with van der Waals surface area (Å²) in [6, 6.07) is 15.6. The number of benzene rings is 2. The minimum atomic E-state index is -0.115. The third-order valence-electron chi connectivity index (χ3n) is 4.84. The first-order chi connectivity index (χ1) is 14.6. The number of carbonyl (C=O) groups excluding carboxylic acids is 1. The van der Waals surface area contributed by atoms with Crippen LogP contribution >= 0.6 is 27.7 Å². The minimum absolute atomic E-state index is 0.115. The number of piperazine rings is 1. The molecule has 7 nitrogen and oxygen atoms in total. The average Bonchev–Trinajstić information content (AvgIpc) is 3.23. The monoisotopic (exact) mass is 487 g/mol. The molecule has 0 radical (unpaired) electrons. The second kappa shape index (κ2) is 9.63. The van der Waals surface area contributed by atoms with Crippen molar-refractivity contribution in [3.8, 4) is 11.5 Å². The highest BCUT2D eigenvalue weighted by molar-refractivity contribution is 9.10.